The van der Waals surface area contributed by atoms with Crippen LogP contribution in [0.3, 0.4) is 0 Å². The number of hydrogen-bond donors (Lipinski definition) is 1. The first-order chi connectivity index (χ1) is 9.25. The number of halogens is 3. The predicted octanol–water partition coefficient (Wildman–Crippen LogP) is 2.65. The van der Waals surface area contributed by atoms with Crippen LogP contribution in [0.5, 0.6) is 11.6 Å². The summed E-state index contributed by atoms with van der Waals surface area (Å²) < 4.78 is 44.4. The first-order valence-electron chi connectivity index (χ1n) is 5.69. The van der Waals surface area contributed by atoms with E-state index in [1.54, 1.807) is 10.9 Å². The quantitative estimate of drug-likeness (QED) is 0.938. The molecule has 0 spiro atoms. The second-order valence-electron chi connectivity index (χ2n) is 4.30. The molecule has 0 saturated carbocycles. The highest BCUT2D eigenvalue weighted by Crippen LogP contribution is 2.29. The summed E-state index contributed by atoms with van der Waals surface area (Å²) in [5, 5.41) is 4.00. The summed E-state index contributed by atoms with van der Waals surface area (Å²) in [6.45, 7) is 3.81. The van der Waals surface area contributed by atoms with E-state index >= 15 is 0 Å². The lowest BCUT2D eigenvalue weighted by molar-refractivity contribution is -0.145. The number of nitrogens with two attached hydrogens (primary N) is 1. The largest absolute Gasteiger partial charge is 0.451 e. The molecule has 20 heavy (non-hydrogen) atoms. The Balaban J connectivity index is 2.26. The Hall–Kier alpha value is -2.32. The molecule has 0 saturated heterocycles. The third-order valence-electron chi connectivity index (χ3n) is 2.31. The van der Waals surface area contributed by atoms with Gasteiger partial charge in [0.2, 0.25) is 11.7 Å². The summed E-state index contributed by atoms with van der Waals surface area (Å²) in [5.41, 5.74) is 5.31. The predicted molar refractivity (Wildman–Crippen MR) is 64.1 cm³/mol. The van der Waals surface area contributed by atoms with Gasteiger partial charge in [0.25, 0.3) is 0 Å². The Morgan fingerprint density at radius 2 is 2.00 bits per heavy atom. The smallest absolute Gasteiger partial charge is 0.436 e. The molecule has 0 atom stereocenters. The lowest BCUT2D eigenvalue weighted by Gasteiger charge is -2.08. The van der Waals surface area contributed by atoms with Gasteiger partial charge < -0.3 is 10.5 Å². The van der Waals surface area contributed by atoms with Gasteiger partial charge in [0, 0.05) is 12.1 Å². The monoisotopic (exact) mass is 287 g/mol. The van der Waals surface area contributed by atoms with Crippen LogP contribution in [-0.4, -0.2) is 19.7 Å². The number of rotatable bonds is 3. The van der Waals surface area contributed by atoms with Crippen molar-refractivity contribution in [2.45, 2.75) is 26.1 Å². The second kappa shape index (κ2) is 4.99. The van der Waals surface area contributed by atoms with Crippen LogP contribution in [0.25, 0.3) is 0 Å². The summed E-state index contributed by atoms with van der Waals surface area (Å²) in [6.07, 6.45) is -1.75. The first kappa shape index (κ1) is 14.1. The van der Waals surface area contributed by atoms with Gasteiger partial charge in [-0.2, -0.15) is 23.3 Å². The second-order valence-corrected chi connectivity index (χ2v) is 4.30. The average molecular weight is 287 g/mol. The Labute approximate surface area is 112 Å². The fourth-order valence-electron chi connectivity index (χ4n) is 1.40. The lowest BCUT2D eigenvalue weighted by Crippen LogP contribution is -2.12. The van der Waals surface area contributed by atoms with E-state index in [1.165, 1.54) is 6.20 Å². The summed E-state index contributed by atoms with van der Waals surface area (Å²) in [6, 6.07) is 1.22. The minimum Gasteiger partial charge on any atom is -0.436 e. The van der Waals surface area contributed by atoms with Crippen molar-refractivity contribution in [1.82, 2.24) is 19.7 Å². The number of anilines is 1. The minimum absolute atomic E-state index is 0.105. The van der Waals surface area contributed by atoms with E-state index < -0.39 is 12.0 Å². The van der Waals surface area contributed by atoms with Gasteiger partial charge in [-0.15, -0.1) is 0 Å². The minimum atomic E-state index is -4.68. The SMILES string of the molecule is CC(C)n1cc(Oc2cc(N)nc(C(F)(F)F)n2)cn1. The fourth-order valence-corrected chi connectivity index (χ4v) is 1.40. The maximum absolute atomic E-state index is 12.5. The van der Waals surface area contributed by atoms with Gasteiger partial charge in [-0.05, 0) is 13.8 Å². The maximum Gasteiger partial charge on any atom is 0.451 e. The molecule has 2 N–H and O–H groups in total. The third kappa shape index (κ3) is 3.16. The molecular weight excluding hydrogens is 275 g/mol. The van der Waals surface area contributed by atoms with E-state index in [4.69, 9.17) is 10.5 Å². The van der Waals surface area contributed by atoms with Gasteiger partial charge in [0.1, 0.15) is 5.82 Å². The Morgan fingerprint density at radius 1 is 1.30 bits per heavy atom. The van der Waals surface area contributed by atoms with Gasteiger partial charge in [-0.1, -0.05) is 0 Å². The molecule has 0 amide bonds. The molecule has 0 bridgehead atoms. The van der Waals surface area contributed by atoms with Crippen LogP contribution in [0.15, 0.2) is 18.5 Å². The van der Waals surface area contributed by atoms with Gasteiger partial charge in [-0.3, -0.25) is 4.68 Å². The molecule has 2 aromatic heterocycles. The topological polar surface area (TPSA) is 78.9 Å². The standard InChI is InChI=1S/C11H12F3N5O/c1-6(2)19-5-7(4-16-19)20-9-3-8(15)17-10(18-9)11(12,13)14/h3-6H,1-2H3,(H2,15,17,18). The molecule has 6 nitrogen and oxygen atoms in total. The molecule has 108 valence electrons. The Kier molecular flexibility index (Phi) is 3.51. The van der Waals surface area contributed by atoms with Crippen LogP contribution in [0.2, 0.25) is 0 Å². The van der Waals surface area contributed by atoms with Crippen LogP contribution in [0.1, 0.15) is 25.7 Å². The number of alkyl halides is 3. The Bertz CT molecular complexity index is 608. The van der Waals surface area contributed by atoms with E-state index in [2.05, 4.69) is 15.1 Å². The van der Waals surface area contributed by atoms with Crippen molar-refractivity contribution in [2.24, 2.45) is 0 Å². The van der Waals surface area contributed by atoms with Crippen LogP contribution in [0, 0.1) is 0 Å². The zero-order valence-corrected chi connectivity index (χ0v) is 10.7. The molecule has 0 aliphatic heterocycles. The molecule has 0 aliphatic rings. The summed E-state index contributed by atoms with van der Waals surface area (Å²) in [4.78, 5) is 6.40. The van der Waals surface area contributed by atoms with Crippen molar-refractivity contribution in [1.29, 1.82) is 0 Å². The van der Waals surface area contributed by atoms with Crippen molar-refractivity contribution in [2.75, 3.05) is 5.73 Å². The molecular formula is C11H12F3N5O. The molecule has 2 aromatic rings. The Morgan fingerprint density at radius 3 is 2.55 bits per heavy atom. The lowest BCUT2D eigenvalue weighted by atomic mass is 10.4. The average Bonchev–Trinajstić information content (AvgIpc) is 2.75. The number of nitrogen functional groups attached to an aromatic ring is 1. The number of ether oxygens (including phenoxy) is 1. The van der Waals surface area contributed by atoms with Crippen LogP contribution >= 0.6 is 0 Å². The summed E-state index contributed by atoms with van der Waals surface area (Å²) in [7, 11) is 0. The highest BCUT2D eigenvalue weighted by Gasteiger charge is 2.35. The number of hydrogen-bond acceptors (Lipinski definition) is 5. The van der Waals surface area contributed by atoms with E-state index in [0.717, 1.165) is 6.07 Å². The van der Waals surface area contributed by atoms with E-state index in [0.29, 0.717) is 0 Å². The van der Waals surface area contributed by atoms with Crippen LogP contribution in [0.4, 0.5) is 19.0 Å². The molecule has 0 aromatic carbocycles. The van der Waals surface area contributed by atoms with Crippen LogP contribution in [-0.2, 0) is 6.18 Å². The molecule has 2 rings (SSSR count). The molecule has 0 radical (unpaired) electrons. The first-order valence-corrected chi connectivity index (χ1v) is 5.69. The highest BCUT2D eigenvalue weighted by atomic mass is 19.4. The van der Waals surface area contributed by atoms with Crippen LogP contribution < -0.4 is 10.5 Å². The molecule has 0 fully saturated rings. The normalized spacial score (nSPS) is 11.9. The van der Waals surface area contributed by atoms with Gasteiger partial charge in [0.15, 0.2) is 5.75 Å². The number of aromatic nitrogens is 4. The molecule has 9 heteroatoms. The van der Waals surface area contributed by atoms with Crippen molar-refractivity contribution >= 4 is 5.82 Å². The molecule has 0 aliphatic carbocycles. The van der Waals surface area contributed by atoms with E-state index in [9.17, 15) is 13.2 Å². The van der Waals surface area contributed by atoms with Gasteiger partial charge in [0.05, 0.1) is 12.4 Å². The zero-order chi connectivity index (χ0) is 14.9. The number of nitrogens with zero attached hydrogens (tertiary/aromatic N) is 4. The highest BCUT2D eigenvalue weighted by molar-refractivity contribution is 5.35. The molecule has 2 heterocycles. The molecule has 0 unspecified atom stereocenters. The summed E-state index contributed by atoms with van der Waals surface area (Å²) >= 11 is 0. The summed E-state index contributed by atoms with van der Waals surface area (Å²) in [5.74, 6) is -1.68. The third-order valence-corrected chi connectivity index (χ3v) is 2.31. The fraction of sp³-hybridized carbons (Fsp3) is 0.364. The van der Waals surface area contributed by atoms with Gasteiger partial charge >= 0.3 is 6.18 Å². The van der Waals surface area contributed by atoms with Crippen molar-refractivity contribution in [3.8, 4) is 11.6 Å². The van der Waals surface area contributed by atoms with Gasteiger partial charge in [-0.25, -0.2) is 4.98 Å². The van der Waals surface area contributed by atoms with E-state index in [-0.39, 0.29) is 23.5 Å². The van der Waals surface area contributed by atoms with Crippen molar-refractivity contribution in [3.63, 3.8) is 0 Å². The van der Waals surface area contributed by atoms with E-state index in [1.807, 2.05) is 13.8 Å². The van der Waals surface area contributed by atoms with Crippen molar-refractivity contribution in [3.05, 3.63) is 24.3 Å². The maximum atomic E-state index is 12.5. The zero-order valence-electron chi connectivity index (χ0n) is 10.7. The van der Waals surface area contributed by atoms with Crippen molar-refractivity contribution < 1.29 is 17.9 Å².